The Hall–Kier alpha value is -4.68. The van der Waals surface area contributed by atoms with E-state index >= 15 is 0 Å². The van der Waals surface area contributed by atoms with Crippen LogP contribution in [0.1, 0.15) is 110 Å². The first kappa shape index (κ1) is 33.5. The molecule has 256 valence electrons. The van der Waals surface area contributed by atoms with Gasteiger partial charge in [-0.05, 0) is 123 Å². The monoisotopic (exact) mass is 664 g/mol. The zero-order valence-corrected chi connectivity index (χ0v) is 31.1. The number of unbranched alkanes of at least 4 members (excludes halogenated alkanes) is 6. The fraction of sp³-hybridized carbons (Fsp3) is 0.294. The molecule has 0 radical (unpaired) electrons. The lowest BCUT2D eigenvalue weighted by molar-refractivity contribution is 0.665. The van der Waals surface area contributed by atoms with Crippen molar-refractivity contribution in [2.75, 3.05) is 0 Å². The first-order valence-corrected chi connectivity index (χ1v) is 19.7. The van der Waals surface area contributed by atoms with Gasteiger partial charge in [0.1, 0.15) is 0 Å². The summed E-state index contributed by atoms with van der Waals surface area (Å²) in [5.41, 5.74) is 22.0. The van der Waals surface area contributed by atoms with E-state index in [-0.39, 0.29) is 5.41 Å². The number of aryl methyl sites for hydroxylation is 4. The molecule has 1 spiro atoms. The molecule has 6 aromatic carbocycles. The largest absolute Gasteiger partial charge is 0.0725 e. The van der Waals surface area contributed by atoms with Gasteiger partial charge in [-0.3, -0.25) is 0 Å². The standard InChI is InChI=1S/C51H52/c1-5-7-9-11-17-39-31-35(3)23-27-41(39)42-29-25-37(33-40(42)18-12-10-8-6-2)38-26-30-46-45-28-24-36(4)32-49(45)51(50(46)34-38)47-21-15-13-19-43(47)44-20-14-16-22-48(44)51/h13-16,19-34H,5-12,17-18H2,1-4H3. The third-order valence-electron chi connectivity index (χ3n) is 11.8. The van der Waals surface area contributed by atoms with Gasteiger partial charge in [0, 0.05) is 0 Å². The molecule has 0 saturated carbocycles. The van der Waals surface area contributed by atoms with Crippen LogP contribution in [-0.4, -0.2) is 0 Å². The van der Waals surface area contributed by atoms with Gasteiger partial charge in [-0.1, -0.05) is 179 Å². The van der Waals surface area contributed by atoms with E-state index in [1.807, 2.05) is 0 Å². The van der Waals surface area contributed by atoms with Crippen LogP contribution in [0, 0.1) is 13.8 Å². The van der Waals surface area contributed by atoms with Crippen molar-refractivity contribution >= 4 is 0 Å². The lowest BCUT2D eigenvalue weighted by atomic mass is 9.70. The quantitative estimate of drug-likeness (QED) is 0.114. The lowest BCUT2D eigenvalue weighted by Crippen LogP contribution is -2.26. The Bertz CT molecular complexity index is 2170. The Morgan fingerprint density at radius 3 is 1.43 bits per heavy atom. The Balaban J connectivity index is 1.27. The van der Waals surface area contributed by atoms with E-state index in [4.69, 9.17) is 0 Å². The van der Waals surface area contributed by atoms with Crippen LogP contribution in [0.5, 0.6) is 0 Å². The molecular weight excluding hydrogens is 613 g/mol. The van der Waals surface area contributed by atoms with Crippen molar-refractivity contribution < 1.29 is 0 Å². The minimum atomic E-state index is -0.322. The fourth-order valence-corrected chi connectivity index (χ4v) is 9.35. The van der Waals surface area contributed by atoms with E-state index in [9.17, 15) is 0 Å². The van der Waals surface area contributed by atoms with Crippen LogP contribution in [0.15, 0.2) is 121 Å². The summed E-state index contributed by atoms with van der Waals surface area (Å²) in [6.07, 6.45) is 12.5. The average molecular weight is 665 g/mol. The van der Waals surface area contributed by atoms with Gasteiger partial charge < -0.3 is 0 Å². The van der Waals surface area contributed by atoms with Gasteiger partial charge in [0.15, 0.2) is 0 Å². The van der Waals surface area contributed by atoms with Gasteiger partial charge in [-0.15, -0.1) is 0 Å². The van der Waals surface area contributed by atoms with Crippen LogP contribution < -0.4 is 0 Å². The van der Waals surface area contributed by atoms with E-state index in [1.54, 1.807) is 0 Å². The van der Waals surface area contributed by atoms with Crippen LogP contribution in [0.3, 0.4) is 0 Å². The molecule has 0 bridgehead atoms. The molecule has 0 amide bonds. The topological polar surface area (TPSA) is 0 Å². The van der Waals surface area contributed by atoms with E-state index in [0.29, 0.717) is 0 Å². The number of hydrogen-bond acceptors (Lipinski definition) is 0. The van der Waals surface area contributed by atoms with Crippen molar-refractivity contribution in [2.24, 2.45) is 0 Å². The molecule has 0 saturated heterocycles. The molecule has 0 atom stereocenters. The normalized spacial score (nSPS) is 13.3. The molecule has 0 N–H and O–H groups in total. The van der Waals surface area contributed by atoms with Gasteiger partial charge >= 0.3 is 0 Å². The Morgan fingerprint density at radius 2 is 0.824 bits per heavy atom. The zero-order chi connectivity index (χ0) is 35.0. The van der Waals surface area contributed by atoms with Crippen molar-refractivity contribution in [2.45, 2.75) is 97.3 Å². The molecule has 0 aromatic heterocycles. The van der Waals surface area contributed by atoms with Gasteiger partial charge in [-0.2, -0.15) is 0 Å². The van der Waals surface area contributed by atoms with Crippen LogP contribution in [-0.2, 0) is 18.3 Å². The summed E-state index contributed by atoms with van der Waals surface area (Å²) in [6, 6.07) is 47.3. The molecule has 2 aliphatic rings. The Morgan fingerprint density at radius 1 is 0.373 bits per heavy atom. The van der Waals surface area contributed by atoms with Crippen molar-refractivity contribution in [3.63, 3.8) is 0 Å². The highest BCUT2D eigenvalue weighted by molar-refractivity contribution is 5.96. The SMILES string of the molecule is CCCCCCc1cc(C)ccc1-c1ccc(-c2ccc3c(c2)C2(c4ccccc4-c4ccccc42)c2cc(C)ccc2-3)cc1CCCCCC. The molecule has 2 aliphatic carbocycles. The maximum absolute atomic E-state index is 2.55. The predicted molar refractivity (Wildman–Crippen MR) is 219 cm³/mol. The first-order chi connectivity index (χ1) is 25.0. The molecule has 0 unspecified atom stereocenters. The molecule has 0 heteroatoms. The molecule has 6 aromatic rings. The number of rotatable bonds is 12. The molecular formula is C51H52. The van der Waals surface area contributed by atoms with Gasteiger partial charge in [-0.25, -0.2) is 0 Å². The van der Waals surface area contributed by atoms with Crippen LogP contribution in [0.2, 0.25) is 0 Å². The van der Waals surface area contributed by atoms with Crippen molar-refractivity contribution in [3.8, 4) is 44.5 Å². The summed E-state index contributed by atoms with van der Waals surface area (Å²) in [5, 5.41) is 0. The van der Waals surface area contributed by atoms with Crippen LogP contribution >= 0.6 is 0 Å². The predicted octanol–water partition coefficient (Wildman–Crippen LogP) is 14.2. The highest BCUT2D eigenvalue weighted by atomic mass is 14.5. The van der Waals surface area contributed by atoms with E-state index < -0.39 is 0 Å². The average Bonchev–Trinajstić information content (AvgIpc) is 3.62. The summed E-state index contributed by atoms with van der Waals surface area (Å²) >= 11 is 0. The second kappa shape index (κ2) is 14.1. The second-order valence-corrected chi connectivity index (χ2v) is 15.3. The van der Waals surface area contributed by atoms with Gasteiger partial charge in [0.05, 0.1) is 5.41 Å². The molecule has 0 aliphatic heterocycles. The third-order valence-corrected chi connectivity index (χ3v) is 11.8. The fourth-order valence-electron chi connectivity index (χ4n) is 9.35. The second-order valence-electron chi connectivity index (χ2n) is 15.3. The zero-order valence-electron chi connectivity index (χ0n) is 31.1. The Kier molecular flexibility index (Phi) is 9.28. The van der Waals surface area contributed by atoms with Gasteiger partial charge in [0.2, 0.25) is 0 Å². The molecule has 8 rings (SSSR count). The summed E-state index contributed by atoms with van der Waals surface area (Å²) in [6.45, 7) is 9.10. The maximum Gasteiger partial charge on any atom is 0.0725 e. The van der Waals surface area contributed by atoms with Gasteiger partial charge in [0.25, 0.3) is 0 Å². The lowest BCUT2D eigenvalue weighted by Gasteiger charge is -2.31. The smallest absolute Gasteiger partial charge is 0.0654 e. The number of fused-ring (bicyclic) bond motifs is 10. The van der Waals surface area contributed by atoms with Crippen molar-refractivity contribution in [1.29, 1.82) is 0 Å². The summed E-state index contributed by atoms with van der Waals surface area (Å²) < 4.78 is 0. The summed E-state index contributed by atoms with van der Waals surface area (Å²) in [7, 11) is 0. The maximum atomic E-state index is 2.55. The Labute approximate surface area is 306 Å². The molecule has 0 fully saturated rings. The molecule has 51 heavy (non-hydrogen) atoms. The van der Waals surface area contributed by atoms with E-state index in [2.05, 4.69) is 149 Å². The molecule has 0 nitrogen and oxygen atoms in total. The highest BCUT2D eigenvalue weighted by Crippen LogP contribution is 2.63. The van der Waals surface area contributed by atoms with E-state index in [1.165, 1.54) is 140 Å². The van der Waals surface area contributed by atoms with E-state index in [0.717, 1.165) is 12.8 Å². The van der Waals surface area contributed by atoms with Crippen molar-refractivity contribution in [3.05, 3.63) is 166 Å². The summed E-state index contributed by atoms with van der Waals surface area (Å²) in [4.78, 5) is 0. The first-order valence-electron chi connectivity index (χ1n) is 19.7. The van der Waals surface area contributed by atoms with Crippen LogP contribution in [0.4, 0.5) is 0 Å². The van der Waals surface area contributed by atoms with Crippen LogP contribution in [0.25, 0.3) is 44.5 Å². The number of benzene rings is 6. The van der Waals surface area contributed by atoms with Crippen molar-refractivity contribution in [1.82, 2.24) is 0 Å². The third kappa shape index (κ3) is 5.78. The number of hydrogen-bond donors (Lipinski definition) is 0. The highest BCUT2D eigenvalue weighted by Gasteiger charge is 2.51. The summed E-state index contributed by atoms with van der Waals surface area (Å²) in [5.74, 6) is 0. The minimum absolute atomic E-state index is 0.322. The minimum Gasteiger partial charge on any atom is -0.0654 e. The molecule has 0 heterocycles.